The number of hydrogen-bond donors (Lipinski definition) is 1. The zero-order valence-electron chi connectivity index (χ0n) is 10.0. The molecule has 1 aliphatic heterocycles. The highest BCUT2D eigenvalue weighted by Gasteiger charge is 2.49. The minimum atomic E-state index is -0.160. The van der Waals surface area contributed by atoms with Gasteiger partial charge < -0.3 is 5.73 Å². The fourth-order valence-electron chi connectivity index (χ4n) is 2.97. The lowest BCUT2D eigenvalue weighted by atomic mass is 9.81. The van der Waals surface area contributed by atoms with Crippen LogP contribution in [0.3, 0.4) is 0 Å². The number of amides is 2. The molecule has 5 heteroatoms. The fourth-order valence-corrected chi connectivity index (χ4v) is 2.97. The minimum absolute atomic E-state index is 0.130. The summed E-state index contributed by atoms with van der Waals surface area (Å²) >= 11 is 0. The molecule has 18 heavy (non-hydrogen) atoms. The third-order valence-corrected chi connectivity index (χ3v) is 3.87. The van der Waals surface area contributed by atoms with E-state index in [-0.39, 0.29) is 23.7 Å². The van der Waals surface area contributed by atoms with Gasteiger partial charge in [0.15, 0.2) is 5.82 Å². The van der Waals surface area contributed by atoms with E-state index in [0.29, 0.717) is 11.5 Å². The van der Waals surface area contributed by atoms with Gasteiger partial charge in [-0.1, -0.05) is 12.8 Å². The van der Waals surface area contributed by atoms with Crippen LogP contribution in [0.1, 0.15) is 25.7 Å². The Kier molecular flexibility index (Phi) is 2.54. The van der Waals surface area contributed by atoms with Gasteiger partial charge in [0, 0.05) is 6.20 Å². The van der Waals surface area contributed by atoms with E-state index in [9.17, 15) is 9.59 Å². The molecule has 1 aromatic heterocycles. The zero-order valence-corrected chi connectivity index (χ0v) is 10.0. The van der Waals surface area contributed by atoms with Crippen molar-refractivity contribution in [3.8, 4) is 0 Å². The maximum absolute atomic E-state index is 12.3. The highest BCUT2D eigenvalue weighted by molar-refractivity contribution is 6.22. The summed E-state index contributed by atoms with van der Waals surface area (Å²) in [5.41, 5.74) is 6.18. The number of anilines is 2. The number of nitrogens with two attached hydrogens (primary N) is 1. The Bertz CT molecular complexity index is 491. The lowest BCUT2D eigenvalue weighted by Gasteiger charge is -2.19. The summed E-state index contributed by atoms with van der Waals surface area (Å²) in [4.78, 5) is 29.9. The number of aromatic nitrogens is 1. The number of hydrogen-bond acceptors (Lipinski definition) is 4. The van der Waals surface area contributed by atoms with E-state index < -0.39 is 0 Å². The first-order valence-corrected chi connectivity index (χ1v) is 6.28. The SMILES string of the molecule is Nc1cccnc1N1C(=O)C2CCCCC2C1=O. The molecule has 2 unspecified atom stereocenters. The molecule has 1 aromatic rings. The Labute approximate surface area is 105 Å². The molecule has 2 aliphatic rings. The molecule has 0 radical (unpaired) electrons. The van der Waals surface area contributed by atoms with Crippen molar-refractivity contribution in [3.63, 3.8) is 0 Å². The van der Waals surface area contributed by atoms with Crippen molar-refractivity contribution in [1.29, 1.82) is 0 Å². The summed E-state index contributed by atoms with van der Waals surface area (Å²) in [6.45, 7) is 0. The van der Waals surface area contributed by atoms with Crippen LogP contribution in [-0.2, 0) is 9.59 Å². The van der Waals surface area contributed by atoms with Gasteiger partial charge in [0.1, 0.15) is 0 Å². The second-order valence-electron chi connectivity index (χ2n) is 4.93. The van der Waals surface area contributed by atoms with E-state index in [2.05, 4.69) is 4.98 Å². The summed E-state index contributed by atoms with van der Waals surface area (Å²) in [5.74, 6) is -0.285. The molecule has 2 atom stereocenters. The van der Waals surface area contributed by atoms with Gasteiger partial charge in [-0.25, -0.2) is 9.88 Å². The quantitative estimate of drug-likeness (QED) is 0.757. The van der Waals surface area contributed by atoms with Gasteiger partial charge in [-0.2, -0.15) is 0 Å². The monoisotopic (exact) mass is 245 g/mol. The number of rotatable bonds is 1. The summed E-state index contributed by atoms with van der Waals surface area (Å²) in [6, 6.07) is 3.35. The van der Waals surface area contributed by atoms with Gasteiger partial charge in [0.25, 0.3) is 0 Å². The van der Waals surface area contributed by atoms with Gasteiger partial charge in [0.05, 0.1) is 17.5 Å². The Balaban J connectivity index is 2.00. The first kappa shape index (κ1) is 11.2. The fraction of sp³-hybridized carbons (Fsp3) is 0.462. The largest absolute Gasteiger partial charge is 0.396 e. The molecular formula is C13H15N3O2. The lowest BCUT2D eigenvalue weighted by molar-refractivity contribution is -0.122. The molecule has 1 aliphatic carbocycles. The normalized spacial score (nSPS) is 27.4. The second kappa shape index (κ2) is 4.08. The van der Waals surface area contributed by atoms with Crippen molar-refractivity contribution in [2.45, 2.75) is 25.7 Å². The van der Waals surface area contributed by atoms with Crippen LogP contribution in [0.15, 0.2) is 18.3 Å². The Morgan fingerprint density at radius 1 is 1.17 bits per heavy atom. The minimum Gasteiger partial charge on any atom is -0.396 e. The maximum atomic E-state index is 12.3. The molecule has 0 spiro atoms. The van der Waals surface area contributed by atoms with E-state index in [4.69, 9.17) is 5.73 Å². The van der Waals surface area contributed by atoms with Crippen molar-refractivity contribution in [2.75, 3.05) is 10.6 Å². The zero-order chi connectivity index (χ0) is 12.7. The molecule has 2 N–H and O–H groups in total. The van der Waals surface area contributed by atoms with E-state index >= 15 is 0 Å². The molecule has 2 fully saturated rings. The van der Waals surface area contributed by atoms with Crippen LogP contribution >= 0.6 is 0 Å². The van der Waals surface area contributed by atoms with Crippen LogP contribution in [0.25, 0.3) is 0 Å². The number of carbonyl (C=O) groups is 2. The molecular weight excluding hydrogens is 230 g/mol. The predicted molar refractivity (Wildman–Crippen MR) is 66.6 cm³/mol. The van der Waals surface area contributed by atoms with E-state index in [1.807, 2.05) is 0 Å². The number of nitrogens with zero attached hydrogens (tertiary/aromatic N) is 2. The van der Waals surface area contributed by atoms with Crippen LogP contribution < -0.4 is 10.6 Å². The van der Waals surface area contributed by atoms with Crippen molar-refractivity contribution >= 4 is 23.3 Å². The van der Waals surface area contributed by atoms with Crippen LogP contribution in [-0.4, -0.2) is 16.8 Å². The van der Waals surface area contributed by atoms with E-state index in [1.54, 1.807) is 18.3 Å². The molecule has 0 aromatic carbocycles. The van der Waals surface area contributed by atoms with Crippen LogP contribution in [0.2, 0.25) is 0 Å². The molecule has 0 bridgehead atoms. The van der Waals surface area contributed by atoms with Gasteiger partial charge in [-0.3, -0.25) is 9.59 Å². The van der Waals surface area contributed by atoms with Crippen LogP contribution in [0.4, 0.5) is 11.5 Å². The van der Waals surface area contributed by atoms with Gasteiger partial charge in [0.2, 0.25) is 11.8 Å². The van der Waals surface area contributed by atoms with Crippen molar-refractivity contribution in [1.82, 2.24) is 4.98 Å². The van der Waals surface area contributed by atoms with E-state index in [1.165, 1.54) is 4.90 Å². The smallest absolute Gasteiger partial charge is 0.238 e. The molecule has 1 saturated heterocycles. The van der Waals surface area contributed by atoms with Crippen LogP contribution in [0, 0.1) is 11.8 Å². The molecule has 2 amide bonds. The van der Waals surface area contributed by atoms with Crippen molar-refractivity contribution in [3.05, 3.63) is 18.3 Å². The predicted octanol–water partition coefficient (Wildman–Crippen LogP) is 1.34. The lowest BCUT2D eigenvalue weighted by Crippen LogP contribution is -2.32. The molecule has 3 rings (SSSR count). The van der Waals surface area contributed by atoms with E-state index in [0.717, 1.165) is 25.7 Å². The molecule has 94 valence electrons. The number of pyridine rings is 1. The maximum Gasteiger partial charge on any atom is 0.238 e. The Morgan fingerprint density at radius 3 is 2.33 bits per heavy atom. The highest BCUT2D eigenvalue weighted by Crippen LogP contribution is 2.40. The molecule has 1 saturated carbocycles. The Hall–Kier alpha value is -1.91. The standard InChI is InChI=1S/C13H15N3O2/c14-10-6-3-7-15-11(10)16-12(17)8-4-1-2-5-9(8)13(16)18/h3,6-9H,1-2,4-5,14H2. The van der Waals surface area contributed by atoms with Crippen molar-refractivity contribution < 1.29 is 9.59 Å². The summed E-state index contributed by atoms with van der Waals surface area (Å²) in [5, 5.41) is 0. The number of fused-ring (bicyclic) bond motifs is 1. The van der Waals surface area contributed by atoms with Crippen LogP contribution in [0.5, 0.6) is 0 Å². The summed E-state index contributed by atoms with van der Waals surface area (Å²) in [6.07, 6.45) is 5.20. The summed E-state index contributed by atoms with van der Waals surface area (Å²) in [7, 11) is 0. The first-order chi connectivity index (χ1) is 8.70. The molecule has 2 heterocycles. The van der Waals surface area contributed by atoms with Gasteiger partial charge in [-0.05, 0) is 25.0 Å². The number of nitrogen functional groups attached to an aromatic ring is 1. The topological polar surface area (TPSA) is 76.3 Å². The second-order valence-corrected chi connectivity index (χ2v) is 4.93. The van der Waals surface area contributed by atoms with Gasteiger partial charge in [-0.15, -0.1) is 0 Å². The third-order valence-electron chi connectivity index (χ3n) is 3.87. The Morgan fingerprint density at radius 2 is 1.78 bits per heavy atom. The summed E-state index contributed by atoms with van der Waals surface area (Å²) < 4.78 is 0. The number of imide groups is 1. The molecule has 5 nitrogen and oxygen atoms in total. The van der Waals surface area contributed by atoms with Crippen molar-refractivity contribution in [2.24, 2.45) is 11.8 Å². The third kappa shape index (κ3) is 1.50. The number of carbonyl (C=O) groups excluding carboxylic acids is 2. The van der Waals surface area contributed by atoms with Gasteiger partial charge >= 0.3 is 0 Å². The average Bonchev–Trinajstić information content (AvgIpc) is 2.64. The highest BCUT2D eigenvalue weighted by atomic mass is 16.2. The average molecular weight is 245 g/mol. The first-order valence-electron chi connectivity index (χ1n) is 6.28.